The number of carbonyl (C=O) groups is 1. The molecule has 5 heteroatoms. The summed E-state index contributed by atoms with van der Waals surface area (Å²) in [7, 11) is 2.18. The summed E-state index contributed by atoms with van der Waals surface area (Å²) >= 11 is 0. The average molecular weight is 329 g/mol. The fraction of sp³-hybridized carbons (Fsp3) is 0.632. The minimum absolute atomic E-state index is 0.0359. The van der Waals surface area contributed by atoms with Gasteiger partial charge in [-0.3, -0.25) is 9.69 Å². The lowest BCUT2D eigenvalue weighted by Gasteiger charge is -2.32. The summed E-state index contributed by atoms with van der Waals surface area (Å²) in [6, 6.07) is 8.31. The van der Waals surface area contributed by atoms with Crippen LogP contribution in [0.15, 0.2) is 24.3 Å². The first-order chi connectivity index (χ1) is 11.7. The van der Waals surface area contributed by atoms with E-state index in [4.69, 9.17) is 4.74 Å². The zero-order valence-corrected chi connectivity index (χ0v) is 14.4. The van der Waals surface area contributed by atoms with Crippen molar-refractivity contribution in [1.82, 2.24) is 9.80 Å². The molecule has 0 aromatic heterocycles. The van der Waals surface area contributed by atoms with Crippen LogP contribution in [0.4, 0.5) is 5.69 Å². The number of piperazine rings is 1. The highest BCUT2D eigenvalue weighted by molar-refractivity contribution is 5.93. The van der Waals surface area contributed by atoms with E-state index in [0.717, 1.165) is 57.7 Å². The van der Waals surface area contributed by atoms with Gasteiger partial charge in [-0.05, 0) is 44.0 Å². The normalized spacial score (nSPS) is 30.6. The smallest absolute Gasteiger partial charge is 0.230 e. The van der Waals surface area contributed by atoms with Crippen molar-refractivity contribution in [3.8, 4) is 0 Å². The summed E-state index contributed by atoms with van der Waals surface area (Å²) in [6.07, 6.45) is 3.50. The monoisotopic (exact) mass is 329 g/mol. The Labute approximate surface area is 144 Å². The number of hydrogen-bond acceptors (Lipinski definition) is 4. The standard InChI is InChI=1S/C19H27N3O2/c1-21-8-10-22(11-9-21)13-14-2-4-15(5-3-14)20-19(23)17-12-16-6-7-18(17)24-16/h2-5,16-18H,6-13H2,1H3,(H,20,23). The Morgan fingerprint density at radius 3 is 2.54 bits per heavy atom. The summed E-state index contributed by atoms with van der Waals surface area (Å²) < 4.78 is 5.79. The van der Waals surface area contributed by atoms with Gasteiger partial charge in [-0.25, -0.2) is 0 Å². The van der Waals surface area contributed by atoms with Gasteiger partial charge in [0.15, 0.2) is 0 Å². The molecule has 2 bridgehead atoms. The van der Waals surface area contributed by atoms with Gasteiger partial charge in [-0.2, -0.15) is 0 Å². The quantitative estimate of drug-likeness (QED) is 0.917. The van der Waals surface area contributed by atoms with E-state index in [9.17, 15) is 4.79 Å². The molecule has 130 valence electrons. The molecule has 3 heterocycles. The Morgan fingerprint density at radius 2 is 1.92 bits per heavy atom. The second kappa shape index (κ2) is 6.82. The molecule has 4 rings (SSSR count). The minimum Gasteiger partial charge on any atom is -0.374 e. The van der Waals surface area contributed by atoms with Gasteiger partial charge in [-0.1, -0.05) is 12.1 Å². The maximum atomic E-state index is 12.4. The number of benzene rings is 1. The van der Waals surface area contributed by atoms with Gasteiger partial charge in [0, 0.05) is 38.4 Å². The number of amides is 1. The summed E-state index contributed by atoms with van der Waals surface area (Å²) in [6.45, 7) is 5.51. The molecule has 3 aliphatic rings. The van der Waals surface area contributed by atoms with Gasteiger partial charge in [0.2, 0.25) is 5.91 Å². The highest BCUT2D eigenvalue weighted by Gasteiger charge is 2.44. The van der Waals surface area contributed by atoms with E-state index >= 15 is 0 Å². The van der Waals surface area contributed by atoms with Crippen molar-refractivity contribution in [2.75, 3.05) is 38.5 Å². The lowest BCUT2D eigenvalue weighted by atomic mass is 9.88. The van der Waals surface area contributed by atoms with Crippen LogP contribution in [-0.4, -0.2) is 61.1 Å². The fourth-order valence-corrected chi connectivity index (χ4v) is 4.11. The number of likely N-dealkylation sites (N-methyl/N-ethyl adjacent to an activating group) is 1. The van der Waals surface area contributed by atoms with E-state index in [-0.39, 0.29) is 17.9 Å². The molecule has 5 nitrogen and oxygen atoms in total. The summed E-state index contributed by atoms with van der Waals surface area (Å²) in [5.41, 5.74) is 2.20. The molecule has 0 spiro atoms. The van der Waals surface area contributed by atoms with Crippen LogP contribution < -0.4 is 5.32 Å². The molecule has 0 saturated carbocycles. The number of nitrogens with zero attached hydrogens (tertiary/aromatic N) is 2. The Balaban J connectivity index is 1.30. The van der Waals surface area contributed by atoms with Crippen LogP contribution in [0.1, 0.15) is 24.8 Å². The van der Waals surface area contributed by atoms with E-state index in [1.807, 2.05) is 12.1 Å². The number of nitrogens with one attached hydrogen (secondary N) is 1. The summed E-state index contributed by atoms with van der Waals surface area (Å²) in [4.78, 5) is 17.3. The lowest BCUT2D eigenvalue weighted by Crippen LogP contribution is -2.43. The Morgan fingerprint density at radius 1 is 1.17 bits per heavy atom. The zero-order valence-electron chi connectivity index (χ0n) is 14.4. The Kier molecular flexibility index (Phi) is 4.57. The molecular formula is C19H27N3O2. The van der Waals surface area contributed by atoms with Gasteiger partial charge < -0.3 is 15.0 Å². The fourth-order valence-electron chi connectivity index (χ4n) is 4.11. The lowest BCUT2D eigenvalue weighted by molar-refractivity contribution is -0.121. The molecule has 1 aromatic rings. The largest absolute Gasteiger partial charge is 0.374 e. The van der Waals surface area contributed by atoms with Crippen molar-refractivity contribution < 1.29 is 9.53 Å². The molecule has 3 fully saturated rings. The van der Waals surface area contributed by atoms with E-state index in [1.54, 1.807) is 0 Å². The van der Waals surface area contributed by atoms with Crippen molar-refractivity contribution in [1.29, 1.82) is 0 Å². The van der Waals surface area contributed by atoms with Gasteiger partial charge in [0.05, 0.1) is 18.1 Å². The van der Waals surface area contributed by atoms with Crippen LogP contribution in [-0.2, 0) is 16.1 Å². The highest BCUT2D eigenvalue weighted by Crippen LogP contribution is 2.39. The summed E-state index contributed by atoms with van der Waals surface area (Å²) in [5, 5.41) is 3.07. The van der Waals surface area contributed by atoms with Crippen LogP contribution in [0.5, 0.6) is 0 Å². The van der Waals surface area contributed by atoms with E-state index in [2.05, 4.69) is 34.3 Å². The molecule has 3 saturated heterocycles. The van der Waals surface area contributed by atoms with Crippen molar-refractivity contribution in [3.05, 3.63) is 29.8 Å². The summed E-state index contributed by atoms with van der Waals surface area (Å²) in [5.74, 6) is 0.155. The number of carbonyl (C=O) groups excluding carboxylic acids is 1. The van der Waals surface area contributed by atoms with E-state index < -0.39 is 0 Å². The van der Waals surface area contributed by atoms with Gasteiger partial charge in [-0.15, -0.1) is 0 Å². The predicted octanol–water partition coefficient (Wildman–Crippen LogP) is 1.94. The number of anilines is 1. The Hall–Kier alpha value is -1.43. The van der Waals surface area contributed by atoms with Crippen LogP contribution >= 0.6 is 0 Å². The van der Waals surface area contributed by atoms with Crippen LogP contribution in [0.3, 0.4) is 0 Å². The Bertz CT molecular complexity index is 581. The zero-order chi connectivity index (χ0) is 16.5. The molecule has 1 N–H and O–H groups in total. The molecule has 24 heavy (non-hydrogen) atoms. The van der Waals surface area contributed by atoms with Crippen molar-refractivity contribution in [2.24, 2.45) is 5.92 Å². The van der Waals surface area contributed by atoms with Gasteiger partial charge >= 0.3 is 0 Å². The predicted molar refractivity (Wildman–Crippen MR) is 93.8 cm³/mol. The van der Waals surface area contributed by atoms with Crippen molar-refractivity contribution >= 4 is 11.6 Å². The third-order valence-corrected chi connectivity index (χ3v) is 5.67. The number of fused-ring (bicyclic) bond motifs is 2. The maximum Gasteiger partial charge on any atom is 0.230 e. The number of rotatable bonds is 4. The van der Waals surface area contributed by atoms with Gasteiger partial charge in [0.25, 0.3) is 0 Å². The molecule has 0 radical (unpaired) electrons. The highest BCUT2D eigenvalue weighted by atomic mass is 16.5. The van der Waals surface area contributed by atoms with Crippen LogP contribution in [0.25, 0.3) is 0 Å². The second-order valence-corrected chi connectivity index (χ2v) is 7.48. The first-order valence-corrected chi connectivity index (χ1v) is 9.13. The van der Waals surface area contributed by atoms with Gasteiger partial charge in [0.1, 0.15) is 0 Å². The molecule has 3 unspecified atom stereocenters. The molecule has 3 aliphatic heterocycles. The SMILES string of the molecule is CN1CCN(Cc2ccc(NC(=O)C3CC4CCC3O4)cc2)CC1. The van der Waals surface area contributed by atoms with Crippen LogP contribution in [0, 0.1) is 5.92 Å². The molecule has 0 aliphatic carbocycles. The van der Waals surface area contributed by atoms with Crippen LogP contribution in [0.2, 0.25) is 0 Å². The number of hydrogen-bond donors (Lipinski definition) is 1. The third-order valence-electron chi connectivity index (χ3n) is 5.67. The third kappa shape index (κ3) is 3.48. The first kappa shape index (κ1) is 16.1. The van der Waals surface area contributed by atoms with Crippen molar-refractivity contribution in [2.45, 2.75) is 38.0 Å². The second-order valence-electron chi connectivity index (χ2n) is 7.48. The molecule has 1 aromatic carbocycles. The first-order valence-electron chi connectivity index (χ1n) is 9.13. The molecular weight excluding hydrogens is 302 g/mol. The minimum atomic E-state index is 0.0359. The maximum absolute atomic E-state index is 12.4. The van der Waals surface area contributed by atoms with E-state index in [1.165, 1.54) is 5.56 Å². The number of ether oxygens (including phenoxy) is 1. The van der Waals surface area contributed by atoms with E-state index in [0.29, 0.717) is 6.10 Å². The average Bonchev–Trinajstić information content (AvgIpc) is 3.22. The molecule has 3 atom stereocenters. The molecule has 1 amide bonds. The topological polar surface area (TPSA) is 44.8 Å². The van der Waals surface area contributed by atoms with Crippen molar-refractivity contribution in [3.63, 3.8) is 0 Å².